The van der Waals surface area contributed by atoms with Crippen molar-refractivity contribution in [1.29, 1.82) is 0 Å². The monoisotopic (exact) mass is 316 g/mol. The molecular formula is C17H24N4O2. The highest BCUT2D eigenvalue weighted by molar-refractivity contribution is 5.76. The Labute approximate surface area is 136 Å². The molecule has 3 N–H and O–H groups in total. The van der Waals surface area contributed by atoms with Crippen LogP contribution in [0.2, 0.25) is 0 Å². The van der Waals surface area contributed by atoms with E-state index >= 15 is 0 Å². The molecule has 2 aromatic rings. The standard InChI is InChI=1S/C17H24N4O2/c1-12-7-6-8-14(11-12)16-20-17(23-21-16)13(2)19-15(22)9-4-3-5-10-18/h6-8,11,13H,3-5,9-10,18H2,1-2H3,(H,19,22)/t13-/m1/s1. The molecule has 0 unspecified atom stereocenters. The first kappa shape index (κ1) is 17.1. The molecule has 6 heteroatoms. The van der Waals surface area contributed by atoms with Crippen LogP contribution in [0.5, 0.6) is 0 Å². The number of benzene rings is 1. The first-order valence-electron chi connectivity index (χ1n) is 8.00. The number of rotatable bonds is 8. The van der Waals surface area contributed by atoms with E-state index in [1.165, 1.54) is 0 Å². The van der Waals surface area contributed by atoms with E-state index in [0.717, 1.165) is 30.4 Å². The van der Waals surface area contributed by atoms with Crippen molar-refractivity contribution >= 4 is 5.91 Å². The number of nitrogens with two attached hydrogens (primary N) is 1. The van der Waals surface area contributed by atoms with E-state index < -0.39 is 0 Å². The number of aromatic nitrogens is 2. The molecule has 0 bridgehead atoms. The van der Waals surface area contributed by atoms with Gasteiger partial charge in [0.15, 0.2) is 0 Å². The number of carbonyl (C=O) groups excluding carboxylic acids is 1. The van der Waals surface area contributed by atoms with E-state index in [0.29, 0.717) is 24.7 Å². The van der Waals surface area contributed by atoms with Crippen molar-refractivity contribution in [2.24, 2.45) is 5.73 Å². The summed E-state index contributed by atoms with van der Waals surface area (Å²) in [5.41, 5.74) is 7.47. The van der Waals surface area contributed by atoms with Crippen molar-refractivity contribution in [3.05, 3.63) is 35.7 Å². The normalized spacial score (nSPS) is 12.1. The molecule has 0 radical (unpaired) electrons. The molecule has 0 aliphatic rings. The Kier molecular flexibility index (Phi) is 6.29. The second kappa shape index (κ2) is 8.43. The maximum Gasteiger partial charge on any atom is 0.249 e. The molecule has 1 aromatic carbocycles. The van der Waals surface area contributed by atoms with Gasteiger partial charge in [0.25, 0.3) is 0 Å². The summed E-state index contributed by atoms with van der Waals surface area (Å²) >= 11 is 0. The van der Waals surface area contributed by atoms with E-state index in [1.807, 2.05) is 38.1 Å². The van der Waals surface area contributed by atoms with Gasteiger partial charge in [-0.25, -0.2) is 0 Å². The van der Waals surface area contributed by atoms with Crippen molar-refractivity contribution in [3.8, 4) is 11.4 Å². The van der Waals surface area contributed by atoms with Gasteiger partial charge in [-0.3, -0.25) is 4.79 Å². The Hall–Kier alpha value is -2.21. The number of carbonyl (C=O) groups is 1. The van der Waals surface area contributed by atoms with Crippen LogP contribution < -0.4 is 11.1 Å². The fourth-order valence-corrected chi connectivity index (χ4v) is 2.29. The van der Waals surface area contributed by atoms with Gasteiger partial charge in [-0.1, -0.05) is 35.3 Å². The predicted octanol–water partition coefficient (Wildman–Crippen LogP) is 2.74. The quantitative estimate of drug-likeness (QED) is 0.730. The van der Waals surface area contributed by atoms with E-state index in [9.17, 15) is 4.79 Å². The van der Waals surface area contributed by atoms with Crippen LogP contribution in [0.3, 0.4) is 0 Å². The maximum atomic E-state index is 11.9. The van der Waals surface area contributed by atoms with Crippen LogP contribution in [0.15, 0.2) is 28.8 Å². The van der Waals surface area contributed by atoms with Gasteiger partial charge in [0.1, 0.15) is 6.04 Å². The van der Waals surface area contributed by atoms with Gasteiger partial charge in [0.05, 0.1) is 0 Å². The average molecular weight is 316 g/mol. The molecule has 1 aromatic heterocycles. The first-order chi connectivity index (χ1) is 11.1. The third-order valence-electron chi connectivity index (χ3n) is 3.57. The van der Waals surface area contributed by atoms with Crippen LogP contribution in [0, 0.1) is 6.92 Å². The highest BCUT2D eigenvalue weighted by Crippen LogP contribution is 2.19. The zero-order valence-corrected chi connectivity index (χ0v) is 13.7. The van der Waals surface area contributed by atoms with Crippen LogP contribution >= 0.6 is 0 Å². The molecule has 0 aliphatic carbocycles. The Morgan fingerprint density at radius 1 is 1.35 bits per heavy atom. The first-order valence-corrected chi connectivity index (χ1v) is 8.00. The number of hydrogen-bond acceptors (Lipinski definition) is 5. The predicted molar refractivity (Wildman–Crippen MR) is 88.6 cm³/mol. The van der Waals surface area contributed by atoms with Gasteiger partial charge in [-0.15, -0.1) is 0 Å². The Morgan fingerprint density at radius 3 is 2.91 bits per heavy atom. The summed E-state index contributed by atoms with van der Waals surface area (Å²) in [6.45, 7) is 4.52. The second-order valence-corrected chi connectivity index (χ2v) is 5.71. The zero-order chi connectivity index (χ0) is 16.7. The van der Waals surface area contributed by atoms with E-state index in [-0.39, 0.29) is 11.9 Å². The summed E-state index contributed by atoms with van der Waals surface area (Å²) in [4.78, 5) is 16.3. The molecular weight excluding hydrogens is 292 g/mol. The van der Waals surface area contributed by atoms with Crippen LogP contribution in [-0.2, 0) is 4.79 Å². The second-order valence-electron chi connectivity index (χ2n) is 5.71. The van der Waals surface area contributed by atoms with Crippen molar-refractivity contribution in [2.45, 2.75) is 45.6 Å². The summed E-state index contributed by atoms with van der Waals surface area (Å²) < 4.78 is 5.27. The molecule has 0 aliphatic heterocycles. The van der Waals surface area contributed by atoms with Gasteiger partial charge < -0.3 is 15.6 Å². The van der Waals surface area contributed by atoms with E-state index in [1.54, 1.807) is 0 Å². The molecule has 1 atom stereocenters. The average Bonchev–Trinajstić information content (AvgIpc) is 3.02. The van der Waals surface area contributed by atoms with Crippen molar-refractivity contribution in [2.75, 3.05) is 6.54 Å². The van der Waals surface area contributed by atoms with Gasteiger partial charge in [-0.2, -0.15) is 4.98 Å². The number of nitrogens with one attached hydrogen (secondary N) is 1. The molecule has 124 valence electrons. The van der Waals surface area contributed by atoms with Crippen LogP contribution in [0.25, 0.3) is 11.4 Å². The van der Waals surface area contributed by atoms with Crippen LogP contribution in [0.4, 0.5) is 0 Å². The number of hydrogen-bond donors (Lipinski definition) is 2. The van der Waals surface area contributed by atoms with Crippen molar-refractivity contribution in [1.82, 2.24) is 15.5 Å². The number of aryl methyl sites for hydroxylation is 1. The summed E-state index contributed by atoms with van der Waals surface area (Å²) in [6.07, 6.45) is 3.25. The summed E-state index contributed by atoms with van der Waals surface area (Å²) in [5, 5.41) is 6.87. The molecule has 0 saturated heterocycles. The lowest BCUT2D eigenvalue weighted by atomic mass is 10.1. The molecule has 1 amide bonds. The lowest BCUT2D eigenvalue weighted by Gasteiger charge is -2.09. The number of unbranched alkanes of at least 4 members (excludes halogenated alkanes) is 2. The third-order valence-corrected chi connectivity index (χ3v) is 3.57. The van der Waals surface area contributed by atoms with Gasteiger partial charge >= 0.3 is 0 Å². The molecule has 0 spiro atoms. The van der Waals surface area contributed by atoms with Crippen LogP contribution in [-0.4, -0.2) is 22.6 Å². The summed E-state index contributed by atoms with van der Waals surface area (Å²) in [7, 11) is 0. The Bertz CT molecular complexity index is 639. The molecule has 0 saturated carbocycles. The molecule has 6 nitrogen and oxygen atoms in total. The van der Waals surface area contributed by atoms with Crippen LogP contribution in [0.1, 0.15) is 50.1 Å². The number of nitrogens with zero attached hydrogens (tertiary/aromatic N) is 2. The topological polar surface area (TPSA) is 94.0 Å². The summed E-state index contributed by atoms with van der Waals surface area (Å²) in [5.74, 6) is 0.939. The van der Waals surface area contributed by atoms with Gasteiger partial charge in [0.2, 0.25) is 17.6 Å². The highest BCUT2D eigenvalue weighted by atomic mass is 16.5. The lowest BCUT2D eigenvalue weighted by molar-refractivity contribution is -0.122. The minimum absolute atomic E-state index is 0.00942. The number of amides is 1. The fourth-order valence-electron chi connectivity index (χ4n) is 2.29. The Morgan fingerprint density at radius 2 is 2.17 bits per heavy atom. The Balaban J connectivity index is 1.91. The van der Waals surface area contributed by atoms with Gasteiger partial charge in [0, 0.05) is 12.0 Å². The van der Waals surface area contributed by atoms with Crippen molar-refractivity contribution in [3.63, 3.8) is 0 Å². The molecule has 0 fully saturated rings. The van der Waals surface area contributed by atoms with Crippen molar-refractivity contribution < 1.29 is 9.32 Å². The maximum absolute atomic E-state index is 11.9. The van der Waals surface area contributed by atoms with E-state index in [2.05, 4.69) is 15.5 Å². The largest absolute Gasteiger partial charge is 0.345 e. The zero-order valence-electron chi connectivity index (χ0n) is 13.7. The SMILES string of the molecule is Cc1cccc(-c2noc([C@@H](C)NC(=O)CCCCCN)n2)c1. The fraction of sp³-hybridized carbons (Fsp3) is 0.471. The smallest absolute Gasteiger partial charge is 0.249 e. The molecule has 2 rings (SSSR count). The minimum atomic E-state index is -0.303. The third kappa shape index (κ3) is 5.17. The van der Waals surface area contributed by atoms with E-state index in [4.69, 9.17) is 10.3 Å². The molecule has 23 heavy (non-hydrogen) atoms. The minimum Gasteiger partial charge on any atom is -0.345 e. The summed E-state index contributed by atoms with van der Waals surface area (Å²) in [6, 6.07) is 7.59. The molecule has 1 heterocycles. The van der Waals surface area contributed by atoms with Gasteiger partial charge in [-0.05, 0) is 39.3 Å². The highest BCUT2D eigenvalue weighted by Gasteiger charge is 2.17. The lowest BCUT2D eigenvalue weighted by Crippen LogP contribution is -2.26.